The second-order valence-corrected chi connectivity index (χ2v) is 6.18. The van der Waals surface area contributed by atoms with E-state index in [9.17, 15) is 9.59 Å². The lowest BCUT2D eigenvalue weighted by atomic mass is 10.1. The highest BCUT2D eigenvalue weighted by molar-refractivity contribution is 5.73. The molecule has 19 heavy (non-hydrogen) atoms. The summed E-state index contributed by atoms with van der Waals surface area (Å²) in [6.07, 6.45) is 2.48. The number of amides is 1. The molecule has 0 bridgehead atoms. The van der Waals surface area contributed by atoms with E-state index in [2.05, 4.69) is 10.2 Å². The van der Waals surface area contributed by atoms with Crippen LogP contribution in [0.25, 0.3) is 0 Å². The number of carbonyl (C=O) groups excluding carboxylic acids is 2. The van der Waals surface area contributed by atoms with E-state index >= 15 is 0 Å². The predicted molar refractivity (Wildman–Crippen MR) is 73.7 cm³/mol. The summed E-state index contributed by atoms with van der Waals surface area (Å²) < 4.78 is 5.28. The Morgan fingerprint density at radius 2 is 2.05 bits per heavy atom. The van der Waals surface area contributed by atoms with Crippen molar-refractivity contribution in [3.63, 3.8) is 0 Å². The zero-order valence-electron chi connectivity index (χ0n) is 12.5. The van der Waals surface area contributed by atoms with Crippen LogP contribution in [0.2, 0.25) is 0 Å². The van der Waals surface area contributed by atoms with Gasteiger partial charge in [-0.05, 0) is 40.2 Å². The molecule has 1 rings (SSSR count). The van der Waals surface area contributed by atoms with Gasteiger partial charge in [-0.2, -0.15) is 0 Å². The van der Waals surface area contributed by atoms with Gasteiger partial charge in [-0.25, -0.2) is 0 Å². The molecule has 1 aliphatic rings. The van der Waals surface area contributed by atoms with E-state index < -0.39 is 5.60 Å². The molecule has 1 N–H and O–H groups in total. The van der Waals surface area contributed by atoms with Gasteiger partial charge in [-0.15, -0.1) is 0 Å². The number of nitrogens with zero attached hydrogens (tertiary/aromatic N) is 1. The molecule has 0 radical (unpaired) electrons. The van der Waals surface area contributed by atoms with Crippen LogP contribution < -0.4 is 5.32 Å². The molecule has 0 saturated carbocycles. The summed E-state index contributed by atoms with van der Waals surface area (Å²) in [7, 11) is 0. The van der Waals surface area contributed by atoms with Crippen LogP contribution in [0.15, 0.2) is 0 Å². The van der Waals surface area contributed by atoms with Gasteiger partial charge in [0.2, 0.25) is 5.91 Å². The van der Waals surface area contributed by atoms with Gasteiger partial charge in [0.15, 0.2) is 0 Å². The normalized spacial score (nSPS) is 20.9. The SMILES string of the molecule is CC(=O)NC1CCCN(CCC(=O)OC(C)(C)C)C1. The van der Waals surface area contributed by atoms with Gasteiger partial charge < -0.3 is 15.0 Å². The molecule has 0 aromatic carbocycles. The third-order valence-corrected chi connectivity index (χ3v) is 2.97. The Kier molecular flexibility index (Phi) is 5.79. The number of likely N-dealkylation sites (tertiary alicyclic amines) is 1. The Balaban J connectivity index is 2.29. The Morgan fingerprint density at radius 3 is 2.63 bits per heavy atom. The summed E-state index contributed by atoms with van der Waals surface area (Å²) in [4.78, 5) is 24.9. The van der Waals surface area contributed by atoms with Crippen molar-refractivity contribution in [2.24, 2.45) is 0 Å². The van der Waals surface area contributed by atoms with Crippen molar-refractivity contribution < 1.29 is 14.3 Å². The van der Waals surface area contributed by atoms with Crippen LogP contribution in [0.5, 0.6) is 0 Å². The zero-order valence-corrected chi connectivity index (χ0v) is 12.5. The van der Waals surface area contributed by atoms with E-state index in [-0.39, 0.29) is 17.9 Å². The summed E-state index contributed by atoms with van der Waals surface area (Å²) >= 11 is 0. The highest BCUT2D eigenvalue weighted by Crippen LogP contribution is 2.12. The summed E-state index contributed by atoms with van der Waals surface area (Å²) in [5.74, 6) is -0.145. The van der Waals surface area contributed by atoms with Crippen molar-refractivity contribution in [3.05, 3.63) is 0 Å². The topological polar surface area (TPSA) is 58.6 Å². The number of piperidine rings is 1. The van der Waals surface area contributed by atoms with Gasteiger partial charge in [0.1, 0.15) is 5.60 Å². The molecule has 1 fully saturated rings. The summed E-state index contributed by atoms with van der Waals surface area (Å²) in [5, 5.41) is 2.94. The molecule has 0 spiro atoms. The van der Waals surface area contributed by atoms with E-state index in [1.807, 2.05) is 20.8 Å². The van der Waals surface area contributed by atoms with Gasteiger partial charge in [0.25, 0.3) is 0 Å². The van der Waals surface area contributed by atoms with Crippen LogP contribution in [-0.4, -0.2) is 48.1 Å². The molecular weight excluding hydrogens is 244 g/mol. The molecule has 1 atom stereocenters. The molecule has 110 valence electrons. The lowest BCUT2D eigenvalue weighted by Gasteiger charge is -2.32. The largest absolute Gasteiger partial charge is 0.460 e. The third-order valence-electron chi connectivity index (χ3n) is 2.97. The maximum absolute atomic E-state index is 11.6. The monoisotopic (exact) mass is 270 g/mol. The molecule has 5 heteroatoms. The quantitative estimate of drug-likeness (QED) is 0.783. The van der Waals surface area contributed by atoms with Gasteiger partial charge in [-0.3, -0.25) is 9.59 Å². The number of carbonyl (C=O) groups is 2. The van der Waals surface area contributed by atoms with Crippen molar-refractivity contribution in [1.29, 1.82) is 0 Å². The van der Waals surface area contributed by atoms with Crippen LogP contribution in [0.3, 0.4) is 0 Å². The van der Waals surface area contributed by atoms with Gasteiger partial charge in [0.05, 0.1) is 6.42 Å². The van der Waals surface area contributed by atoms with Gasteiger partial charge in [-0.1, -0.05) is 0 Å². The van der Waals surface area contributed by atoms with E-state index in [4.69, 9.17) is 4.74 Å². The van der Waals surface area contributed by atoms with E-state index in [1.54, 1.807) is 6.92 Å². The van der Waals surface area contributed by atoms with E-state index in [1.165, 1.54) is 0 Å². The van der Waals surface area contributed by atoms with Crippen LogP contribution >= 0.6 is 0 Å². The first kappa shape index (κ1) is 16.0. The fourth-order valence-corrected chi connectivity index (χ4v) is 2.31. The highest BCUT2D eigenvalue weighted by atomic mass is 16.6. The summed E-state index contributed by atoms with van der Waals surface area (Å²) in [5.41, 5.74) is -0.419. The molecule has 5 nitrogen and oxygen atoms in total. The molecule has 0 aliphatic carbocycles. The van der Waals surface area contributed by atoms with Gasteiger partial charge >= 0.3 is 5.97 Å². The number of hydrogen-bond acceptors (Lipinski definition) is 4. The fourth-order valence-electron chi connectivity index (χ4n) is 2.31. The maximum atomic E-state index is 11.6. The van der Waals surface area contributed by atoms with Gasteiger partial charge in [0, 0.05) is 26.1 Å². The van der Waals surface area contributed by atoms with Crippen molar-refractivity contribution >= 4 is 11.9 Å². The average Bonchev–Trinajstić information content (AvgIpc) is 2.23. The van der Waals surface area contributed by atoms with Crippen molar-refractivity contribution in [2.45, 2.75) is 58.6 Å². The van der Waals surface area contributed by atoms with Crippen LogP contribution in [0, 0.1) is 0 Å². The Morgan fingerprint density at radius 1 is 1.37 bits per heavy atom. The number of esters is 1. The van der Waals surface area contributed by atoms with Crippen molar-refractivity contribution in [1.82, 2.24) is 10.2 Å². The minimum Gasteiger partial charge on any atom is -0.460 e. The van der Waals surface area contributed by atoms with Crippen molar-refractivity contribution in [2.75, 3.05) is 19.6 Å². The summed E-state index contributed by atoms with van der Waals surface area (Å²) in [6.45, 7) is 9.67. The minimum atomic E-state index is -0.419. The number of rotatable bonds is 4. The molecule has 1 aliphatic heterocycles. The summed E-state index contributed by atoms with van der Waals surface area (Å²) in [6, 6.07) is 0.213. The standard InChI is InChI=1S/C14H26N2O3/c1-11(17)15-12-6-5-8-16(10-12)9-7-13(18)19-14(2,3)4/h12H,5-10H2,1-4H3,(H,15,17). The number of nitrogens with one attached hydrogen (secondary N) is 1. The van der Waals surface area contributed by atoms with Crippen LogP contribution in [-0.2, 0) is 14.3 Å². The van der Waals surface area contributed by atoms with E-state index in [0.29, 0.717) is 13.0 Å². The maximum Gasteiger partial charge on any atom is 0.307 e. The molecule has 1 saturated heterocycles. The molecule has 1 amide bonds. The molecular formula is C14H26N2O3. The lowest BCUT2D eigenvalue weighted by Crippen LogP contribution is -2.47. The molecule has 1 heterocycles. The Bertz CT molecular complexity index is 323. The number of ether oxygens (including phenoxy) is 1. The van der Waals surface area contributed by atoms with E-state index in [0.717, 1.165) is 25.9 Å². The number of hydrogen-bond donors (Lipinski definition) is 1. The predicted octanol–water partition coefficient (Wildman–Crippen LogP) is 1.32. The smallest absolute Gasteiger partial charge is 0.307 e. The second kappa shape index (κ2) is 6.89. The molecule has 0 aromatic rings. The zero-order chi connectivity index (χ0) is 14.5. The molecule has 0 aromatic heterocycles. The minimum absolute atomic E-state index is 0.0130. The first-order valence-corrected chi connectivity index (χ1v) is 6.97. The molecule has 1 unspecified atom stereocenters. The van der Waals surface area contributed by atoms with Crippen LogP contribution in [0.4, 0.5) is 0 Å². The van der Waals surface area contributed by atoms with Crippen molar-refractivity contribution in [3.8, 4) is 0 Å². The first-order valence-electron chi connectivity index (χ1n) is 6.97. The third kappa shape index (κ3) is 7.15. The lowest BCUT2D eigenvalue weighted by molar-refractivity contribution is -0.155. The first-order chi connectivity index (χ1) is 8.76. The highest BCUT2D eigenvalue weighted by Gasteiger charge is 2.22. The Hall–Kier alpha value is -1.10. The second-order valence-electron chi connectivity index (χ2n) is 6.18. The van der Waals surface area contributed by atoms with Crippen LogP contribution in [0.1, 0.15) is 47.0 Å². The average molecular weight is 270 g/mol. The fraction of sp³-hybridized carbons (Fsp3) is 0.857. The Labute approximate surface area is 115 Å².